The van der Waals surface area contributed by atoms with Gasteiger partial charge in [0.05, 0.1) is 17.2 Å². The number of nitrogens with zero attached hydrogens (tertiary/aromatic N) is 2. The van der Waals surface area contributed by atoms with Crippen molar-refractivity contribution in [1.29, 1.82) is 0 Å². The van der Waals surface area contributed by atoms with Crippen LogP contribution in [-0.4, -0.2) is 34.1 Å². The summed E-state index contributed by atoms with van der Waals surface area (Å²) in [7, 11) is 0. The molecule has 2 N–H and O–H groups in total. The maximum Gasteiger partial charge on any atom is 0.327 e. The zero-order chi connectivity index (χ0) is 18.1. The van der Waals surface area contributed by atoms with E-state index >= 15 is 0 Å². The predicted octanol–water partition coefficient (Wildman–Crippen LogP) is 3.54. The lowest BCUT2D eigenvalue weighted by Crippen LogP contribution is -2.49. The van der Waals surface area contributed by atoms with Gasteiger partial charge in [-0.1, -0.05) is 42.8 Å². The molecule has 1 aliphatic rings. The number of imidazole rings is 1. The lowest BCUT2D eigenvalue weighted by Gasteiger charge is -2.39. The summed E-state index contributed by atoms with van der Waals surface area (Å²) in [4.78, 5) is 18.0. The van der Waals surface area contributed by atoms with E-state index in [2.05, 4.69) is 28.2 Å². The van der Waals surface area contributed by atoms with Gasteiger partial charge >= 0.3 is 5.69 Å². The molecule has 0 amide bonds. The number of rotatable bonds is 4. The van der Waals surface area contributed by atoms with Crippen LogP contribution in [0.25, 0.3) is 11.0 Å². The van der Waals surface area contributed by atoms with Crippen LogP contribution in [0.5, 0.6) is 0 Å². The van der Waals surface area contributed by atoms with Crippen LogP contribution in [0.3, 0.4) is 0 Å². The number of piperazine rings is 1. The van der Waals surface area contributed by atoms with Crippen LogP contribution in [-0.2, 0) is 0 Å². The highest BCUT2D eigenvalue weighted by molar-refractivity contribution is 6.30. The summed E-state index contributed by atoms with van der Waals surface area (Å²) in [6.07, 6.45) is 0.895. The number of hydrogen-bond donors (Lipinski definition) is 2. The van der Waals surface area contributed by atoms with Crippen molar-refractivity contribution >= 4 is 22.6 Å². The molecule has 1 saturated heterocycles. The second kappa shape index (κ2) is 7.27. The molecule has 1 aromatic heterocycles. The van der Waals surface area contributed by atoms with Gasteiger partial charge in [0.1, 0.15) is 0 Å². The molecule has 1 fully saturated rings. The van der Waals surface area contributed by atoms with E-state index in [9.17, 15) is 4.79 Å². The molecule has 2 heterocycles. The Balaban J connectivity index is 1.66. The third-order valence-electron chi connectivity index (χ3n) is 5.17. The fourth-order valence-electron chi connectivity index (χ4n) is 3.96. The maximum atomic E-state index is 12.6. The van der Waals surface area contributed by atoms with Gasteiger partial charge in [-0.25, -0.2) is 4.79 Å². The zero-order valence-corrected chi connectivity index (χ0v) is 15.5. The standard InChI is InChI=1S/C20H23ClN4O/c1-2-19(25-18-9-4-3-8-16(18)23-20(25)26)24-11-10-22-17(13-24)14-6-5-7-15(21)12-14/h3-9,12,17,19,22H,2,10-11,13H2,1H3,(H,23,26). The molecule has 26 heavy (non-hydrogen) atoms. The normalized spacial score (nSPS) is 19.7. The molecule has 2 aromatic carbocycles. The fraction of sp³-hybridized carbons (Fsp3) is 0.350. The van der Waals surface area contributed by atoms with Gasteiger partial charge < -0.3 is 10.3 Å². The Bertz CT molecular complexity index is 964. The van der Waals surface area contributed by atoms with Gasteiger partial charge in [0.2, 0.25) is 0 Å². The summed E-state index contributed by atoms with van der Waals surface area (Å²) in [5.74, 6) is 0. The molecule has 0 saturated carbocycles. The molecular formula is C20H23ClN4O. The maximum absolute atomic E-state index is 12.6. The van der Waals surface area contributed by atoms with Gasteiger partial charge in [-0.3, -0.25) is 9.47 Å². The van der Waals surface area contributed by atoms with E-state index in [0.29, 0.717) is 0 Å². The van der Waals surface area contributed by atoms with Crippen LogP contribution in [0.15, 0.2) is 53.3 Å². The number of H-pyrrole nitrogens is 1. The number of nitrogens with one attached hydrogen (secondary N) is 2. The molecule has 0 radical (unpaired) electrons. The lowest BCUT2D eigenvalue weighted by atomic mass is 10.0. The summed E-state index contributed by atoms with van der Waals surface area (Å²) >= 11 is 6.17. The Labute approximate surface area is 157 Å². The average molecular weight is 371 g/mol. The topological polar surface area (TPSA) is 53.1 Å². The first kappa shape index (κ1) is 17.3. The van der Waals surface area contributed by atoms with Gasteiger partial charge in [0.15, 0.2) is 0 Å². The molecule has 136 valence electrons. The highest BCUT2D eigenvalue weighted by Crippen LogP contribution is 2.27. The minimum absolute atomic E-state index is 0.0300. The largest absolute Gasteiger partial charge is 0.327 e. The number of fused-ring (bicyclic) bond motifs is 1. The van der Waals surface area contributed by atoms with Gasteiger partial charge in [0.25, 0.3) is 0 Å². The Morgan fingerprint density at radius 1 is 1.23 bits per heavy atom. The molecule has 0 aliphatic carbocycles. The van der Waals surface area contributed by atoms with Crippen LogP contribution >= 0.6 is 11.6 Å². The fourth-order valence-corrected chi connectivity index (χ4v) is 4.16. The number of aromatic nitrogens is 2. The molecular weight excluding hydrogens is 348 g/mol. The van der Waals surface area contributed by atoms with Crippen LogP contribution in [0.2, 0.25) is 5.02 Å². The van der Waals surface area contributed by atoms with Crippen molar-refractivity contribution < 1.29 is 0 Å². The van der Waals surface area contributed by atoms with Crippen molar-refractivity contribution in [2.24, 2.45) is 0 Å². The number of para-hydroxylation sites is 2. The van der Waals surface area contributed by atoms with Crippen molar-refractivity contribution in [3.8, 4) is 0 Å². The second-order valence-electron chi connectivity index (χ2n) is 6.76. The van der Waals surface area contributed by atoms with Crippen LogP contribution < -0.4 is 11.0 Å². The molecule has 5 nitrogen and oxygen atoms in total. The average Bonchev–Trinajstić information content (AvgIpc) is 2.99. The van der Waals surface area contributed by atoms with Gasteiger partial charge in [-0.2, -0.15) is 0 Å². The van der Waals surface area contributed by atoms with E-state index in [1.54, 1.807) is 0 Å². The number of halogens is 1. The predicted molar refractivity (Wildman–Crippen MR) is 106 cm³/mol. The molecule has 4 rings (SSSR count). The van der Waals surface area contributed by atoms with Crippen LogP contribution in [0.4, 0.5) is 0 Å². The van der Waals surface area contributed by atoms with Gasteiger partial charge in [-0.05, 0) is 36.2 Å². The summed E-state index contributed by atoms with van der Waals surface area (Å²) in [5, 5.41) is 4.32. The molecule has 2 atom stereocenters. The van der Waals surface area contributed by atoms with Crippen LogP contribution in [0.1, 0.15) is 31.1 Å². The molecule has 1 aliphatic heterocycles. The van der Waals surface area contributed by atoms with E-state index in [1.165, 1.54) is 5.56 Å². The Hall–Kier alpha value is -2.08. The van der Waals surface area contributed by atoms with E-state index in [1.807, 2.05) is 47.0 Å². The van der Waals surface area contributed by atoms with E-state index < -0.39 is 0 Å². The Kier molecular flexibility index (Phi) is 4.85. The van der Waals surface area contributed by atoms with Crippen LogP contribution in [0, 0.1) is 0 Å². The van der Waals surface area contributed by atoms with E-state index in [0.717, 1.165) is 42.1 Å². The summed E-state index contributed by atoms with van der Waals surface area (Å²) in [6.45, 7) is 4.76. The van der Waals surface area contributed by atoms with Gasteiger partial charge in [0, 0.05) is 30.7 Å². The second-order valence-corrected chi connectivity index (χ2v) is 7.20. The number of hydrogen-bond acceptors (Lipinski definition) is 3. The van der Waals surface area contributed by atoms with E-state index in [-0.39, 0.29) is 17.9 Å². The quantitative estimate of drug-likeness (QED) is 0.738. The first-order valence-electron chi connectivity index (χ1n) is 9.09. The smallest absolute Gasteiger partial charge is 0.308 e. The monoisotopic (exact) mass is 370 g/mol. The summed E-state index contributed by atoms with van der Waals surface area (Å²) in [5.41, 5.74) is 2.99. The minimum Gasteiger partial charge on any atom is -0.308 e. The van der Waals surface area contributed by atoms with Crippen molar-refractivity contribution in [3.05, 3.63) is 69.6 Å². The Morgan fingerprint density at radius 3 is 2.88 bits per heavy atom. The third kappa shape index (κ3) is 3.18. The third-order valence-corrected chi connectivity index (χ3v) is 5.40. The first-order chi connectivity index (χ1) is 12.7. The lowest BCUT2D eigenvalue weighted by molar-refractivity contribution is 0.0956. The Morgan fingerprint density at radius 2 is 2.08 bits per heavy atom. The molecule has 6 heteroatoms. The molecule has 0 bridgehead atoms. The van der Waals surface area contributed by atoms with Gasteiger partial charge in [-0.15, -0.1) is 0 Å². The van der Waals surface area contributed by atoms with E-state index in [4.69, 9.17) is 11.6 Å². The summed E-state index contributed by atoms with van der Waals surface area (Å²) < 4.78 is 1.90. The van der Waals surface area contributed by atoms with Crippen molar-refractivity contribution in [3.63, 3.8) is 0 Å². The van der Waals surface area contributed by atoms with Crippen molar-refractivity contribution in [2.45, 2.75) is 25.6 Å². The van der Waals surface area contributed by atoms with Crippen molar-refractivity contribution in [2.75, 3.05) is 19.6 Å². The minimum atomic E-state index is -0.0455. The zero-order valence-electron chi connectivity index (χ0n) is 14.8. The highest BCUT2D eigenvalue weighted by atomic mass is 35.5. The first-order valence-corrected chi connectivity index (χ1v) is 9.47. The molecule has 3 aromatic rings. The summed E-state index contributed by atoms with van der Waals surface area (Å²) in [6, 6.07) is 16.1. The molecule has 2 unspecified atom stereocenters. The highest BCUT2D eigenvalue weighted by Gasteiger charge is 2.28. The number of benzene rings is 2. The molecule has 0 spiro atoms. The SMILES string of the molecule is CCC(N1CCNC(c2cccc(Cl)c2)C1)n1c(=O)[nH]c2ccccc21. The van der Waals surface area contributed by atoms with Crippen molar-refractivity contribution in [1.82, 2.24) is 19.8 Å². The number of aromatic amines is 1.